The predicted molar refractivity (Wildman–Crippen MR) is 77.1 cm³/mol. The number of hydrogen-bond donors (Lipinski definition) is 1. The zero-order valence-electron chi connectivity index (χ0n) is 9.90. The smallest absolute Gasteiger partial charge is 0.255 e. The van der Waals surface area contributed by atoms with Gasteiger partial charge in [-0.3, -0.25) is 4.79 Å². The summed E-state index contributed by atoms with van der Waals surface area (Å²) in [6.45, 7) is 0. The van der Waals surface area contributed by atoms with E-state index in [4.69, 9.17) is 0 Å². The lowest BCUT2D eigenvalue weighted by Gasteiger charge is -2.04. The summed E-state index contributed by atoms with van der Waals surface area (Å²) < 4.78 is 0. The van der Waals surface area contributed by atoms with Crippen LogP contribution >= 0.6 is 23.5 Å². The molecule has 1 N–H and O–H groups in total. The van der Waals surface area contributed by atoms with E-state index in [1.807, 2.05) is 30.5 Å². The van der Waals surface area contributed by atoms with Gasteiger partial charge in [0.25, 0.3) is 5.56 Å². The van der Waals surface area contributed by atoms with Crippen molar-refractivity contribution in [3.8, 4) is 11.4 Å². The lowest BCUT2D eigenvalue weighted by molar-refractivity contribution is 1.03. The molecule has 0 bridgehead atoms. The van der Waals surface area contributed by atoms with Gasteiger partial charge in [-0.1, -0.05) is 12.1 Å². The van der Waals surface area contributed by atoms with E-state index in [0.717, 1.165) is 28.3 Å². The standard InChI is InChI=1S/C13H12N2OS2/c1-17-9-4-2-8(3-5-9)12-14-11-7-18-6-10(11)13(16)15-12/h2-5H,6-7H2,1H3,(H,14,15,16). The molecule has 1 aromatic carbocycles. The average Bonchev–Trinajstić information content (AvgIpc) is 2.88. The van der Waals surface area contributed by atoms with Crippen LogP contribution in [0.1, 0.15) is 11.3 Å². The van der Waals surface area contributed by atoms with E-state index in [9.17, 15) is 4.79 Å². The van der Waals surface area contributed by atoms with Gasteiger partial charge in [-0.2, -0.15) is 11.8 Å². The zero-order chi connectivity index (χ0) is 12.5. The molecule has 18 heavy (non-hydrogen) atoms. The molecule has 0 unspecified atom stereocenters. The lowest BCUT2D eigenvalue weighted by Crippen LogP contribution is -2.15. The highest BCUT2D eigenvalue weighted by molar-refractivity contribution is 7.98. The fourth-order valence-electron chi connectivity index (χ4n) is 1.95. The maximum Gasteiger partial charge on any atom is 0.255 e. The van der Waals surface area contributed by atoms with Gasteiger partial charge in [0.05, 0.1) is 5.69 Å². The molecule has 0 saturated heterocycles. The van der Waals surface area contributed by atoms with Crippen molar-refractivity contribution < 1.29 is 0 Å². The second kappa shape index (κ2) is 4.82. The number of nitrogens with zero attached hydrogens (tertiary/aromatic N) is 1. The van der Waals surface area contributed by atoms with Crippen molar-refractivity contribution in [2.75, 3.05) is 6.26 Å². The fourth-order valence-corrected chi connectivity index (χ4v) is 3.39. The quantitative estimate of drug-likeness (QED) is 0.857. The maximum atomic E-state index is 11.9. The number of fused-ring (bicyclic) bond motifs is 1. The largest absolute Gasteiger partial charge is 0.306 e. The van der Waals surface area contributed by atoms with Crippen molar-refractivity contribution in [3.63, 3.8) is 0 Å². The number of H-pyrrole nitrogens is 1. The molecule has 2 heterocycles. The van der Waals surface area contributed by atoms with Crippen molar-refractivity contribution in [1.29, 1.82) is 0 Å². The Kier molecular flexibility index (Phi) is 3.18. The third kappa shape index (κ3) is 2.08. The summed E-state index contributed by atoms with van der Waals surface area (Å²) in [5.74, 6) is 2.30. The summed E-state index contributed by atoms with van der Waals surface area (Å²) in [6.07, 6.45) is 2.04. The minimum Gasteiger partial charge on any atom is -0.306 e. The Labute approximate surface area is 113 Å². The van der Waals surface area contributed by atoms with Gasteiger partial charge >= 0.3 is 0 Å². The van der Waals surface area contributed by atoms with Crippen molar-refractivity contribution in [3.05, 3.63) is 45.9 Å². The number of aromatic nitrogens is 2. The van der Waals surface area contributed by atoms with Crippen molar-refractivity contribution >= 4 is 23.5 Å². The first-order valence-corrected chi connectivity index (χ1v) is 8.00. The molecule has 0 amide bonds. The molecular formula is C13H12N2OS2. The maximum absolute atomic E-state index is 11.9. The Balaban J connectivity index is 2.06. The Morgan fingerprint density at radius 1 is 1.28 bits per heavy atom. The Morgan fingerprint density at radius 3 is 2.78 bits per heavy atom. The second-order valence-corrected chi connectivity index (χ2v) is 5.93. The van der Waals surface area contributed by atoms with Crippen LogP contribution in [0.2, 0.25) is 0 Å². The number of thioether (sulfide) groups is 2. The van der Waals surface area contributed by atoms with E-state index in [-0.39, 0.29) is 5.56 Å². The number of aromatic amines is 1. The number of benzene rings is 1. The van der Waals surface area contributed by atoms with E-state index in [1.165, 1.54) is 4.90 Å². The van der Waals surface area contributed by atoms with Crippen LogP contribution in [0.4, 0.5) is 0 Å². The minimum absolute atomic E-state index is 0.00828. The second-order valence-electron chi connectivity index (χ2n) is 4.06. The molecular weight excluding hydrogens is 264 g/mol. The third-order valence-corrected chi connectivity index (χ3v) is 4.66. The molecule has 0 radical (unpaired) electrons. The first kappa shape index (κ1) is 11.9. The molecule has 0 aliphatic carbocycles. The van der Waals surface area contributed by atoms with Crippen LogP contribution in [-0.2, 0) is 11.5 Å². The Bertz CT molecular complexity index is 634. The molecule has 3 nitrogen and oxygen atoms in total. The van der Waals surface area contributed by atoms with Crippen LogP contribution in [0.25, 0.3) is 11.4 Å². The molecule has 0 spiro atoms. The number of nitrogens with one attached hydrogen (secondary N) is 1. The Hall–Kier alpha value is -1.20. The average molecular weight is 276 g/mol. The van der Waals surface area contributed by atoms with Crippen LogP contribution in [0.5, 0.6) is 0 Å². The molecule has 1 aliphatic heterocycles. The molecule has 92 valence electrons. The van der Waals surface area contributed by atoms with Crippen LogP contribution in [0.3, 0.4) is 0 Å². The van der Waals surface area contributed by atoms with Crippen LogP contribution in [-0.4, -0.2) is 16.2 Å². The molecule has 1 aliphatic rings. The van der Waals surface area contributed by atoms with Crippen molar-refractivity contribution in [2.24, 2.45) is 0 Å². The summed E-state index contributed by atoms with van der Waals surface area (Å²) in [4.78, 5) is 20.6. The van der Waals surface area contributed by atoms with Gasteiger partial charge in [0, 0.05) is 27.5 Å². The lowest BCUT2D eigenvalue weighted by atomic mass is 10.2. The molecule has 5 heteroatoms. The van der Waals surface area contributed by atoms with Crippen LogP contribution in [0, 0.1) is 0 Å². The molecule has 0 saturated carbocycles. The van der Waals surface area contributed by atoms with Gasteiger partial charge in [0.1, 0.15) is 5.82 Å². The van der Waals surface area contributed by atoms with Gasteiger partial charge in [-0.25, -0.2) is 4.98 Å². The van der Waals surface area contributed by atoms with E-state index < -0.39 is 0 Å². The van der Waals surface area contributed by atoms with Crippen molar-refractivity contribution in [2.45, 2.75) is 16.4 Å². The minimum atomic E-state index is 0.00828. The summed E-state index contributed by atoms with van der Waals surface area (Å²) in [5, 5.41) is 0. The first-order chi connectivity index (χ1) is 8.78. The zero-order valence-corrected chi connectivity index (χ0v) is 11.5. The van der Waals surface area contributed by atoms with Crippen LogP contribution < -0.4 is 5.56 Å². The predicted octanol–water partition coefficient (Wildman–Crippen LogP) is 2.91. The molecule has 1 aromatic heterocycles. The SMILES string of the molecule is CSc1ccc(-c2nc3c(c(=O)[nH]2)CSC3)cc1. The summed E-state index contributed by atoms with van der Waals surface area (Å²) in [7, 11) is 0. The van der Waals surface area contributed by atoms with E-state index >= 15 is 0 Å². The van der Waals surface area contributed by atoms with Gasteiger partial charge in [-0.15, -0.1) is 11.8 Å². The topological polar surface area (TPSA) is 45.8 Å². The summed E-state index contributed by atoms with van der Waals surface area (Å²) >= 11 is 3.44. The summed E-state index contributed by atoms with van der Waals surface area (Å²) in [5.41, 5.74) is 2.75. The number of rotatable bonds is 2. The molecule has 0 atom stereocenters. The van der Waals surface area contributed by atoms with Gasteiger partial charge < -0.3 is 4.98 Å². The molecule has 2 aromatic rings. The van der Waals surface area contributed by atoms with E-state index in [0.29, 0.717) is 5.82 Å². The van der Waals surface area contributed by atoms with E-state index in [1.54, 1.807) is 23.5 Å². The van der Waals surface area contributed by atoms with Gasteiger partial charge in [0.15, 0.2) is 0 Å². The normalized spacial score (nSPS) is 13.6. The molecule has 3 rings (SSSR count). The van der Waals surface area contributed by atoms with E-state index in [2.05, 4.69) is 9.97 Å². The fraction of sp³-hybridized carbons (Fsp3) is 0.231. The highest BCUT2D eigenvalue weighted by Gasteiger charge is 2.17. The van der Waals surface area contributed by atoms with Crippen LogP contribution in [0.15, 0.2) is 34.0 Å². The monoisotopic (exact) mass is 276 g/mol. The third-order valence-electron chi connectivity index (χ3n) is 2.95. The number of hydrogen-bond acceptors (Lipinski definition) is 4. The molecule has 0 fully saturated rings. The van der Waals surface area contributed by atoms with Gasteiger partial charge in [0.2, 0.25) is 0 Å². The first-order valence-electron chi connectivity index (χ1n) is 5.62. The van der Waals surface area contributed by atoms with Crippen molar-refractivity contribution in [1.82, 2.24) is 9.97 Å². The Morgan fingerprint density at radius 2 is 2.06 bits per heavy atom. The highest BCUT2D eigenvalue weighted by Crippen LogP contribution is 2.27. The van der Waals surface area contributed by atoms with Gasteiger partial charge in [-0.05, 0) is 18.4 Å². The highest BCUT2D eigenvalue weighted by atomic mass is 32.2. The summed E-state index contributed by atoms with van der Waals surface area (Å²) in [6, 6.07) is 8.08.